The lowest BCUT2D eigenvalue weighted by Crippen LogP contribution is -2.30. The molecular formula is C14H16F3N3O3. The Balaban J connectivity index is 1.94. The van der Waals surface area contributed by atoms with Crippen LogP contribution >= 0.6 is 0 Å². The second kappa shape index (κ2) is 6.43. The highest BCUT2D eigenvalue weighted by molar-refractivity contribution is 5.81. The number of anilines is 1. The zero-order valence-electron chi connectivity index (χ0n) is 12.3. The minimum absolute atomic E-state index is 0.0166. The number of carbonyl (C=O) groups is 1. The fraction of sp³-hybridized carbons (Fsp3) is 0.500. The smallest absolute Gasteiger partial charge is 0.378 e. The summed E-state index contributed by atoms with van der Waals surface area (Å²) in [7, 11) is 0. The van der Waals surface area contributed by atoms with Gasteiger partial charge in [-0.15, -0.1) is 0 Å². The SMILES string of the molecule is C[C@H]1C[C@@H]1C(=O)NCCNc1ccc(C(F)(F)F)cc1[N+](=O)[O-]. The molecule has 0 spiro atoms. The van der Waals surface area contributed by atoms with E-state index in [2.05, 4.69) is 10.6 Å². The zero-order valence-corrected chi connectivity index (χ0v) is 12.3. The Morgan fingerprint density at radius 3 is 2.57 bits per heavy atom. The lowest BCUT2D eigenvalue weighted by Gasteiger charge is -2.11. The number of rotatable bonds is 6. The van der Waals surface area contributed by atoms with Crippen LogP contribution in [0.25, 0.3) is 0 Å². The first kappa shape index (κ1) is 17.0. The van der Waals surface area contributed by atoms with Crippen molar-refractivity contribution >= 4 is 17.3 Å². The molecule has 1 aliphatic carbocycles. The summed E-state index contributed by atoms with van der Waals surface area (Å²) in [6.45, 7) is 2.38. The maximum atomic E-state index is 12.6. The number of benzene rings is 1. The van der Waals surface area contributed by atoms with Gasteiger partial charge < -0.3 is 10.6 Å². The average Bonchev–Trinajstić information content (AvgIpc) is 3.19. The first-order chi connectivity index (χ1) is 10.7. The lowest BCUT2D eigenvalue weighted by molar-refractivity contribution is -0.384. The molecule has 1 fully saturated rings. The van der Waals surface area contributed by atoms with Gasteiger partial charge in [-0.25, -0.2) is 0 Å². The van der Waals surface area contributed by atoms with E-state index in [0.717, 1.165) is 18.6 Å². The van der Waals surface area contributed by atoms with Crippen LogP contribution in [0.3, 0.4) is 0 Å². The second-order valence-electron chi connectivity index (χ2n) is 5.52. The maximum absolute atomic E-state index is 12.6. The topological polar surface area (TPSA) is 84.3 Å². The number of nitro benzene ring substituents is 1. The lowest BCUT2D eigenvalue weighted by atomic mass is 10.1. The van der Waals surface area contributed by atoms with Crippen molar-refractivity contribution in [3.8, 4) is 0 Å². The van der Waals surface area contributed by atoms with Gasteiger partial charge in [-0.1, -0.05) is 6.92 Å². The molecule has 0 bridgehead atoms. The highest BCUT2D eigenvalue weighted by atomic mass is 19.4. The van der Waals surface area contributed by atoms with Crippen molar-refractivity contribution < 1.29 is 22.9 Å². The molecular weight excluding hydrogens is 315 g/mol. The molecule has 1 aliphatic rings. The number of nitrogens with zero attached hydrogens (tertiary/aromatic N) is 1. The summed E-state index contributed by atoms with van der Waals surface area (Å²) in [6, 6.07) is 2.29. The van der Waals surface area contributed by atoms with E-state index in [-0.39, 0.29) is 30.6 Å². The molecule has 9 heteroatoms. The molecule has 23 heavy (non-hydrogen) atoms. The molecule has 0 radical (unpaired) electrons. The van der Waals surface area contributed by atoms with E-state index < -0.39 is 22.4 Å². The van der Waals surface area contributed by atoms with E-state index in [0.29, 0.717) is 12.0 Å². The van der Waals surface area contributed by atoms with Gasteiger partial charge in [0.25, 0.3) is 5.69 Å². The number of nitrogens with one attached hydrogen (secondary N) is 2. The molecule has 0 aliphatic heterocycles. The molecule has 2 atom stereocenters. The van der Waals surface area contributed by atoms with Gasteiger partial charge in [0, 0.05) is 25.1 Å². The molecule has 0 saturated heterocycles. The van der Waals surface area contributed by atoms with Crippen molar-refractivity contribution in [2.24, 2.45) is 11.8 Å². The minimum atomic E-state index is -4.64. The fourth-order valence-corrected chi connectivity index (χ4v) is 2.21. The number of halogens is 3. The van der Waals surface area contributed by atoms with Crippen LogP contribution < -0.4 is 10.6 Å². The molecule has 1 amide bonds. The standard InChI is InChI=1S/C14H16F3N3O3/c1-8-6-10(8)13(21)19-5-4-18-11-3-2-9(14(15,16)17)7-12(11)20(22)23/h2-3,7-8,10,18H,4-6H2,1H3,(H,19,21)/t8-,10-/m0/s1. The van der Waals surface area contributed by atoms with Gasteiger partial charge in [0.1, 0.15) is 5.69 Å². The van der Waals surface area contributed by atoms with E-state index in [9.17, 15) is 28.1 Å². The molecule has 6 nitrogen and oxygen atoms in total. The Kier molecular flexibility index (Phi) is 4.76. The predicted octanol–water partition coefficient (Wildman–Crippen LogP) is 2.80. The van der Waals surface area contributed by atoms with Gasteiger partial charge in [0.05, 0.1) is 10.5 Å². The van der Waals surface area contributed by atoms with Crippen LogP contribution in [0.5, 0.6) is 0 Å². The Hall–Kier alpha value is -2.32. The van der Waals surface area contributed by atoms with Crippen LogP contribution in [0.15, 0.2) is 18.2 Å². The Morgan fingerprint density at radius 1 is 1.39 bits per heavy atom. The Labute approximate surface area is 130 Å². The quantitative estimate of drug-likeness (QED) is 0.477. The Bertz CT molecular complexity index is 619. The van der Waals surface area contributed by atoms with E-state index in [1.54, 1.807) is 0 Å². The van der Waals surface area contributed by atoms with E-state index in [1.165, 1.54) is 0 Å². The van der Waals surface area contributed by atoms with E-state index >= 15 is 0 Å². The number of alkyl halides is 3. The predicted molar refractivity (Wildman–Crippen MR) is 76.9 cm³/mol. The van der Waals surface area contributed by atoms with Crippen LogP contribution in [0.1, 0.15) is 18.9 Å². The van der Waals surface area contributed by atoms with E-state index in [1.807, 2.05) is 6.92 Å². The van der Waals surface area contributed by atoms with Crippen molar-refractivity contribution in [1.82, 2.24) is 5.32 Å². The van der Waals surface area contributed by atoms with Gasteiger partial charge in [-0.05, 0) is 24.5 Å². The van der Waals surface area contributed by atoms with E-state index in [4.69, 9.17) is 0 Å². The Morgan fingerprint density at radius 2 is 2.04 bits per heavy atom. The molecule has 2 rings (SSSR count). The molecule has 126 valence electrons. The van der Waals surface area contributed by atoms with Crippen LogP contribution in [0.4, 0.5) is 24.5 Å². The summed E-state index contributed by atoms with van der Waals surface area (Å²) in [5.74, 6) is 0.329. The normalized spacial score (nSPS) is 20.0. The van der Waals surface area contributed by atoms with Gasteiger partial charge in [-0.3, -0.25) is 14.9 Å². The highest BCUT2D eigenvalue weighted by Gasteiger charge is 2.38. The van der Waals surface area contributed by atoms with Crippen LogP contribution in [-0.4, -0.2) is 23.9 Å². The largest absolute Gasteiger partial charge is 0.416 e. The molecule has 0 heterocycles. The van der Waals surface area contributed by atoms with Crippen molar-refractivity contribution in [2.75, 3.05) is 18.4 Å². The summed E-state index contributed by atoms with van der Waals surface area (Å²) >= 11 is 0. The van der Waals surface area contributed by atoms with Crippen molar-refractivity contribution in [1.29, 1.82) is 0 Å². The second-order valence-corrected chi connectivity index (χ2v) is 5.52. The van der Waals surface area contributed by atoms with Gasteiger partial charge in [0.15, 0.2) is 0 Å². The highest BCUT2D eigenvalue weighted by Crippen LogP contribution is 2.37. The summed E-state index contributed by atoms with van der Waals surface area (Å²) in [5, 5.41) is 16.3. The summed E-state index contributed by atoms with van der Waals surface area (Å²) in [6.07, 6.45) is -3.79. The third-order valence-electron chi connectivity index (χ3n) is 3.71. The first-order valence-corrected chi connectivity index (χ1v) is 7.07. The number of amides is 1. The van der Waals surface area contributed by atoms with Crippen molar-refractivity contribution in [3.05, 3.63) is 33.9 Å². The molecule has 1 aromatic carbocycles. The van der Waals surface area contributed by atoms with Crippen LogP contribution in [0.2, 0.25) is 0 Å². The summed E-state index contributed by atoms with van der Waals surface area (Å²) in [4.78, 5) is 21.6. The third-order valence-corrected chi connectivity index (χ3v) is 3.71. The first-order valence-electron chi connectivity index (χ1n) is 7.07. The maximum Gasteiger partial charge on any atom is 0.416 e. The van der Waals surface area contributed by atoms with Crippen molar-refractivity contribution in [2.45, 2.75) is 19.5 Å². The molecule has 0 unspecified atom stereocenters. The molecule has 2 N–H and O–H groups in total. The summed E-state index contributed by atoms with van der Waals surface area (Å²) in [5.41, 5.74) is -1.75. The van der Waals surface area contributed by atoms with Gasteiger partial charge >= 0.3 is 6.18 Å². The number of hydrogen-bond donors (Lipinski definition) is 2. The van der Waals surface area contributed by atoms with Gasteiger partial charge in [0.2, 0.25) is 5.91 Å². The number of carbonyl (C=O) groups excluding carboxylic acids is 1. The zero-order chi connectivity index (χ0) is 17.2. The fourth-order valence-electron chi connectivity index (χ4n) is 2.21. The van der Waals surface area contributed by atoms with Crippen LogP contribution in [-0.2, 0) is 11.0 Å². The summed E-state index contributed by atoms with van der Waals surface area (Å²) < 4.78 is 37.7. The molecule has 0 aromatic heterocycles. The van der Waals surface area contributed by atoms with Crippen molar-refractivity contribution in [3.63, 3.8) is 0 Å². The number of nitro groups is 1. The minimum Gasteiger partial charge on any atom is -0.378 e. The molecule has 1 aromatic rings. The van der Waals surface area contributed by atoms with Gasteiger partial charge in [-0.2, -0.15) is 13.2 Å². The molecule has 1 saturated carbocycles. The average molecular weight is 331 g/mol. The monoisotopic (exact) mass is 331 g/mol. The third kappa shape index (κ3) is 4.33. The number of hydrogen-bond acceptors (Lipinski definition) is 4. The van der Waals surface area contributed by atoms with Crippen LogP contribution in [0, 0.1) is 22.0 Å².